The second kappa shape index (κ2) is 9.86. The first kappa shape index (κ1) is 27.7. The van der Waals surface area contributed by atoms with Crippen LogP contribution in [0.5, 0.6) is 0 Å². The minimum Gasteiger partial charge on any atom is -0.379 e. The maximum atomic E-state index is 12.7. The van der Waals surface area contributed by atoms with E-state index >= 15 is 0 Å². The first-order valence-corrected chi connectivity index (χ1v) is 17.0. The second-order valence-corrected chi connectivity index (χ2v) is 15.2. The van der Waals surface area contributed by atoms with Crippen molar-refractivity contribution in [2.45, 2.75) is 114 Å². The molecule has 2 spiro atoms. The third kappa shape index (κ3) is 4.13. The van der Waals surface area contributed by atoms with E-state index in [1.54, 1.807) is 5.57 Å². The summed E-state index contributed by atoms with van der Waals surface area (Å²) in [7, 11) is 0. The maximum Gasteiger partial charge on any atom is 0.162 e. The van der Waals surface area contributed by atoms with Crippen molar-refractivity contribution in [3.8, 4) is 0 Å². The van der Waals surface area contributed by atoms with Gasteiger partial charge in [0.2, 0.25) is 0 Å². The number of allylic oxidation sites excluding steroid dienone is 3. The molecular weight excluding hydrogens is 522 g/mol. The van der Waals surface area contributed by atoms with Crippen LogP contribution in [-0.2, 0) is 19.0 Å². The summed E-state index contributed by atoms with van der Waals surface area (Å²) in [6, 6.07) is 0. The third-order valence-electron chi connectivity index (χ3n) is 12.7. The van der Waals surface area contributed by atoms with Gasteiger partial charge in [0, 0.05) is 31.6 Å². The van der Waals surface area contributed by atoms with Crippen LogP contribution in [0.1, 0.15) is 90.9 Å². The Morgan fingerprint density at radius 1 is 1.00 bits per heavy atom. The molecule has 0 aromatic rings. The first-order chi connectivity index (χ1) is 20.2. The molecule has 0 aromatic carbocycles. The molecule has 4 aliphatic carbocycles. The molecule has 7 atom stereocenters. The number of ketones is 1. The molecule has 0 aromatic heterocycles. The maximum absolute atomic E-state index is 12.7. The van der Waals surface area contributed by atoms with Crippen LogP contribution in [0, 0.1) is 17.3 Å². The van der Waals surface area contributed by atoms with Gasteiger partial charge in [0.25, 0.3) is 0 Å². The minimum atomic E-state index is -0.487. The predicted molar refractivity (Wildman–Crippen MR) is 164 cm³/mol. The van der Waals surface area contributed by atoms with E-state index in [9.17, 15) is 4.79 Å². The monoisotopic (exact) mass is 571 g/mol. The molecule has 9 rings (SSSR count). The van der Waals surface area contributed by atoms with Crippen LogP contribution in [0.15, 0.2) is 58.7 Å². The fourth-order valence-electron chi connectivity index (χ4n) is 10.7. The van der Waals surface area contributed by atoms with E-state index in [0.717, 1.165) is 63.6 Å². The smallest absolute Gasteiger partial charge is 0.162 e. The Morgan fingerprint density at radius 2 is 1.79 bits per heavy atom. The highest BCUT2D eigenvalue weighted by Crippen LogP contribution is 2.61. The summed E-state index contributed by atoms with van der Waals surface area (Å²) >= 11 is 0. The number of nitrogens with zero attached hydrogens (tertiary/aromatic N) is 1. The molecule has 2 saturated carbocycles. The highest BCUT2D eigenvalue weighted by atomic mass is 16.5. The lowest BCUT2D eigenvalue weighted by Gasteiger charge is -2.39. The zero-order valence-electron chi connectivity index (χ0n) is 25.8. The van der Waals surface area contributed by atoms with Gasteiger partial charge in [-0.3, -0.25) is 9.69 Å². The van der Waals surface area contributed by atoms with Crippen LogP contribution in [0.3, 0.4) is 0 Å². The number of hydrogen-bond acceptors (Lipinski definition) is 5. The van der Waals surface area contributed by atoms with Crippen LogP contribution < -0.4 is 0 Å². The lowest BCUT2D eigenvalue weighted by Crippen LogP contribution is -2.50. The van der Waals surface area contributed by atoms with Gasteiger partial charge in [-0.25, -0.2) is 0 Å². The molecule has 4 fully saturated rings. The summed E-state index contributed by atoms with van der Waals surface area (Å²) in [5.74, 6) is 1.64. The van der Waals surface area contributed by atoms with Crippen LogP contribution in [0.2, 0.25) is 0 Å². The van der Waals surface area contributed by atoms with Crippen molar-refractivity contribution in [3.63, 3.8) is 0 Å². The van der Waals surface area contributed by atoms with Crippen molar-refractivity contribution in [2.75, 3.05) is 32.8 Å². The van der Waals surface area contributed by atoms with E-state index in [1.807, 2.05) is 0 Å². The number of rotatable bonds is 3. The molecule has 5 heteroatoms. The number of hydrogen-bond donors (Lipinski definition) is 0. The van der Waals surface area contributed by atoms with Crippen molar-refractivity contribution in [1.82, 2.24) is 4.90 Å². The largest absolute Gasteiger partial charge is 0.379 e. The van der Waals surface area contributed by atoms with Crippen molar-refractivity contribution in [2.24, 2.45) is 17.3 Å². The Bertz CT molecular complexity index is 1320. The summed E-state index contributed by atoms with van der Waals surface area (Å²) in [5, 5.41) is 0. The molecule has 2 saturated heterocycles. The summed E-state index contributed by atoms with van der Waals surface area (Å²) in [4.78, 5) is 15.1. The van der Waals surface area contributed by atoms with Crippen LogP contribution in [-0.4, -0.2) is 66.4 Å². The number of fused-ring (bicyclic) bond motifs is 5. The van der Waals surface area contributed by atoms with Gasteiger partial charge < -0.3 is 14.2 Å². The zero-order chi connectivity index (χ0) is 28.7. The highest BCUT2D eigenvalue weighted by molar-refractivity contribution is 6.01. The number of morpholine rings is 1. The Hall–Kier alpha value is -1.79. The zero-order valence-corrected chi connectivity index (χ0v) is 25.8. The molecule has 5 nitrogen and oxygen atoms in total. The standard InChI is InChI=1S/C19H25NO3.C18H24O/c21-16-4-3-14-12-15-2-1-5-18(15)6-7-19(23-18,17(14)16)13-20-8-10-22-11-9-20;1-12(2)14-6-9-17(3)11-13-5-4-8-18(13)10-7-15(19-18)16(14)17/h6-7,15H,1-5,8-13H2;7,10,13,15H,1,4-6,8-9,11H2,2-3H3/t15-,18-,19-;13-,15+,17+,18-/m00/s1. The normalized spacial score (nSPS) is 44.9. The molecule has 0 amide bonds. The van der Waals surface area contributed by atoms with E-state index in [0.29, 0.717) is 23.5 Å². The highest BCUT2D eigenvalue weighted by Gasteiger charge is 2.58. The van der Waals surface area contributed by atoms with Gasteiger partial charge in [-0.05, 0) is 112 Å². The van der Waals surface area contributed by atoms with Crippen molar-refractivity contribution in [1.29, 1.82) is 0 Å². The average Bonchev–Trinajstić information content (AvgIpc) is 3.80. The van der Waals surface area contributed by atoms with E-state index in [-0.39, 0.29) is 17.3 Å². The van der Waals surface area contributed by atoms with Crippen LogP contribution in [0.4, 0.5) is 0 Å². The minimum absolute atomic E-state index is 0.0885. The van der Waals surface area contributed by atoms with Gasteiger partial charge in [-0.1, -0.05) is 42.9 Å². The first-order valence-electron chi connectivity index (χ1n) is 17.0. The van der Waals surface area contributed by atoms with Crippen molar-refractivity contribution < 1.29 is 19.0 Å². The molecule has 226 valence electrons. The lowest BCUT2D eigenvalue weighted by molar-refractivity contribution is -0.124. The van der Waals surface area contributed by atoms with Crippen LogP contribution in [0.25, 0.3) is 0 Å². The fourth-order valence-corrected chi connectivity index (χ4v) is 10.7. The molecule has 9 aliphatic rings. The van der Waals surface area contributed by atoms with Crippen molar-refractivity contribution >= 4 is 5.78 Å². The topological polar surface area (TPSA) is 48.0 Å². The van der Waals surface area contributed by atoms with Gasteiger partial charge in [0.15, 0.2) is 5.78 Å². The molecule has 5 heterocycles. The molecule has 4 bridgehead atoms. The summed E-state index contributed by atoms with van der Waals surface area (Å²) in [6.07, 6.45) is 23.6. The number of carbonyl (C=O) groups is 1. The number of carbonyl (C=O) groups excluding carboxylic acids is 1. The molecule has 42 heavy (non-hydrogen) atoms. The molecule has 5 aliphatic heterocycles. The Balaban J connectivity index is 0.000000129. The summed E-state index contributed by atoms with van der Waals surface area (Å²) < 4.78 is 18.9. The molecular formula is C37H49NO4. The van der Waals surface area contributed by atoms with Gasteiger partial charge in [-0.15, -0.1) is 0 Å². The summed E-state index contributed by atoms with van der Waals surface area (Å²) in [6.45, 7) is 13.1. The Kier molecular flexibility index (Phi) is 6.51. The molecule has 0 radical (unpaired) electrons. The molecule has 0 unspecified atom stereocenters. The number of ether oxygens (including phenoxy) is 3. The van der Waals surface area contributed by atoms with E-state index < -0.39 is 5.60 Å². The van der Waals surface area contributed by atoms with E-state index in [4.69, 9.17) is 14.2 Å². The molecule has 0 N–H and O–H groups in total. The summed E-state index contributed by atoms with van der Waals surface area (Å²) in [5.41, 5.74) is 6.62. The van der Waals surface area contributed by atoms with Crippen molar-refractivity contribution in [3.05, 3.63) is 58.7 Å². The Morgan fingerprint density at radius 3 is 2.60 bits per heavy atom. The third-order valence-corrected chi connectivity index (χ3v) is 12.7. The Labute approximate surface area is 252 Å². The number of Topliss-reactive ketones (excluding diaryl/α,β-unsaturated/α-hetero) is 1. The van der Waals surface area contributed by atoms with Gasteiger partial charge >= 0.3 is 0 Å². The van der Waals surface area contributed by atoms with Crippen LogP contribution >= 0.6 is 0 Å². The van der Waals surface area contributed by atoms with Gasteiger partial charge in [0.05, 0.1) is 30.5 Å². The lowest BCUT2D eigenvalue weighted by atomic mass is 9.70. The SMILES string of the molecule is C=C(C)C1=C2[C@H]3C=C[C@]4(CCC[C@H]4C[C@@]2(C)CC1)O3.O=C1CCC2=C1[C@@]1(CN3CCOCC3)C=C[C@]3(CCC[C@H]3C2)O1. The fraction of sp³-hybridized carbons (Fsp3) is 0.703. The van der Waals surface area contributed by atoms with Gasteiger partial charge in [-0.2, -0.15) is 0 Å². The predicted octanol–water partition coefficient (Wildman–Crippen LogP) is 6.80. The average molecular weight is 572 g/mol. The van der Waals surface area contributed by atoms with Gasteiger partial charge in [0.1, 0.15) is 5.60 Å². The van der Waals surface area contributed by atoms with E-state index in [2.05, 4.69) is 49.6 Å². The quantitative estimate of drug-likeness (QED) is 0.349. The van der Waals surface area contributed by atoms with E-state index in [1.165, 1.54) is 68.1 Å². The second-order valence-electron chi connectivity index (χ2n) is 15.2.